The Morgan fingerprint density at radius 3 is 2.50 bits per heavy atom. The summed E-state index contributed by atoms with van der Waals surface area (Å²) in [6.07, 6.45) is 1.70. The van der Waals surface area contributed by atoms with Crippen molar-refractivity contribution in [3.8, 4) is 5.88 Å². The highest BCUT2D eigenvalue weighted by molar-refractivity contribution is 6.35. The van der Waals surface area contributed by atoms with E-state index in [1.807, 2.05) is 24.3 Å². The highest BCUT2D eigenvalue weighted by Crippen LogP contribution is 2.27. The molecule has 0 atom stereocenters. The van der Waals surface area contributed by atoms with E-state index >= 15 is 0 Å². The Kier molecular flexibility index (Phi) is 3.72. The molecule has 0 bridgehead atoms. The maximum atomic E-state index is 6.11. The number of fused-ring (bicyclic) bond motifs is 1. The fourth-order valence-corrected chi connectivity index (χ4v) is 2.43. The molecule has 0 N–H and O–H groups in total. The van der Waals surface area contributed by atoms with Gasteiger partial charge >= 0.3 is 0 Å². The van der Waals surface area contributed by atoms with Crippen LogP contribution in [0.4, 0.5) is 0 Å². The summed E-state index contributed by atoms with van der Waals surface area (Å²) in [6, 6.07) is 13.1. The second-order valence-electron chi connectivity index (χ2n) is 4.23. The Bertz CT molecular complexity index is 736. The minimum atomic E-state index is 0.251. The number of rotatable bonds is 3. The molecular formula is C15H10Cl2N2O. The zero-order valence-electron chi connectivity index (χ0n) is 10.4. The summed E-state index contributed by atoms with van der Waals surface area (Å²) in [7, 11) is 0. The predicted octanol–water partition coefficient (Wildman–Crippen LogP) is 4.52. The van der Waals surface area contributed by atoms with Gasteiger partial charge in [-0.15, -0.1) is 5.10 Å². The van der Waals surface area contributed by atoms with E-state index in [1.165, 1.54) is 0 Å². The normalized spacial score (nSPS) is 10.7. The molecule has 0 amide bonds. The van der Waals surface area contributed by atoms with E-state index in [1.54, 1.807) is 24.4 Å². The van der Waals surface area contributed by atoms with Gasteiger partial charge in [0.25, 0.3) is 0 Å². The molecule has 0 aliphatic carbocycles. The van der Waals surface area contributed by atoms with Gasteiger partial charge in [-0.05, 0) is 18.2 Å². The lowest BCUT2D eigenvalue weighted by Gasteiger charge is -2.09. The standard InChI is InChI=1S/C15H10Cl2N2O/c16-13-6-3-7-14(17)12(13)9-20-15-11-5-2-1-4-10(11)8-18-19-15/h1-8H,9H2. The lowest BCUT2D eigenvalue weighted by atomic mass is 10.2. The van der Waals surface area contributed by atoms with Gasteiger partial charge in [-0.3, -0.25) is 0 Å². The zero-order valence-corrected chi connectivity index (χ0v) is 11.9. The Hall–Kier alpha value is -1.84. The molecule has 100 valence electrons. The van der Waals surface area contributed by atoms with E-state index < -0.39 is 0 Å². The lowest BCUT2D eigenvalue weighted by Crippen LogP contribution is -2.00. The molecule has 1 heterocycles. The highest BCUT2D eigenvalue weighted by Gasteiger charge is 2.09. The smallest absolute Gasteiger partial charge is 0.241 e. The highest BCUT2D eigenvalue weighted by atomic mass is 35.5. The Balaban J connectivity index is 1.91. The Labute approximate surface area is 126 Å². The first-order valence-electron chi connectivity index (χ1n) is 6.02. The third kappa shape index (κ3) is 2.55. The van der Waals surface area contributed by atoms with Gasteiger partial charge in [0, 0.05) is 26.4 Å². The monoisotopic (exact) mass is 304 g/mol. The summed E-state index contributed by atoms with van der Waals surface area (Å²) in [5.74, 6) is 0.471. The van der Waals surface area contributed by atoms with E-state index in [4.69, 9.17) is 27.9 Å². The number of benzene rings is 2. The van der Waals surface area contributed by atoms with Crippen molar-refractivity contribution in [2.75, 3.05) is 0 Å². The van der Waals surface area contributed by atoms with Gasteiger partial charge in [0.05, 0.1) is 6.20 Å². The van der Waals surface area contributed by atoms with Crippen molar-refractivity contribution in [3.05, 3.63) is 64.3 Å². The van der Waals surface area contributed by atoms with Crippen LogP contribution in [0.5, 0.6) is 5.88 Å². The molecule has 0 fully saturated rings. The quantitative estimate of drug-likeness (QED) is 0.714. The van der Waals surface area contributed by atoms with Crippen LogP contribution in [0.1, 0.15) is 5.56 Å². The first kappa shape index (κ1) is 13.2. The topological polar surface area (TPSA) is 35.0 Å². The van der Waals surface area contributed by atoms with Crippen molar-refractivity contribution < 1.29 is 4.74 Å². The van der Waals surface area contributed by atoms with Gasteiger partial charge in [-0.1, -0.05) is 47.5 Å². The molecule has 0 saturated heterocycles. The summed E-state index contributed by atoms with van der Waals surface area (Å²) < 4.78 is 5.72. The molecule has 1 aromatic heterocycles. The van der Waals surface area contributed by atoms with Crippen LogP contribution < -0.4 is 4.74 Å². The van der Waals surface area contributed by atoms with Gasteiger partial charge in [-0.25, -0.2) is 0 Å². The lowest BCUT2D eigenvalue weighted by molar-refractivity contribution is 0.295. The van der Waals surface area contributed by atoms with Crippen molar-refractivity contribution in [2.24, 2.45) is 0 Å². The molecule has 0 aliphatic heterocycles. The third-order valence-corrected chi connectivity index (χ3v) is 3.66. The van der Waals surface area contributed by atoms with Crippen molar-refractivity contribution in [3.63, 3.8) is 0 Å². The molecule has 3 aromatic rings. The van der Waals surface area contributed by atoms with Crippen LogP contribution in [0.2, 0.25) is 10.0 Å². The van der Waals surface area contributed by atoms with Gasteiger partial charge in [0.2, 0.25) is 5.88 Å². The van der Waals surface area contributed by atoms with E-state index in [0.29, 0.717) is 15.9 Å². The SMILES string of the molecule is Clc1cccc(Cl)c1COc1nncc2ccccc12. The number of aromatic nitrogens is 2. The van der Waals surface area contributed by atoms with Crippen LogP contribution in [0.15, 0.2) is 48.7 Å². The summed E-state index contributed by atoms with van der Waals surface area (Å²) in [6.45, 7) is 0.251. The van der Waals surface area contributed by atoms with Gasteiger partial charge in [-0.2, -0.15) is 5.10 Å². The molecule has 0 unspecified atom stereocenters. The zero-order chi connectivity index (χ0) is 13.9. The van der Waals surface area contributed by atoms with Crippen LogP contribution >= 0.6 is 23.2 Å². The van der Waals surface area contributed by atoms with Gasteiger partial charge < -0.3 is 4.74 Å². The molecule has 2 aromatic carbocycles. The summed E-state index contributed by atoms with van der Waals surface area (Å²) in [5, 5.41) is 11.0. The molecule has 0 spiro atoms. The maximum Gasteiger partial charge on any atom is 0.241 e. The van der Waals surface area contributed by atoms with Crippen LogP contribution in [0, 0.1) is 0 Å². The number of hydrogen-bond acceptors (Lipinski definition) is 3. The molecule has 3 nitrogen and oxygen atoms in total. The maximum absolute atomic E-state index is 6.11. The summed E-state index contributed by atoms with van der Waals surface area (Å²) in [4.78, 5) is 0. The minimum absolute atomic E-state index is 0.251. The van der Waals surface area contributed by atoms with E-state index in [2.05, 4.69) is 10.2 Å². The first-order valence-corrected chi connectivity index (χ1v) is 6.77. The Morgan fingerprint density at radius 2 is 1.70 bits per heavy atom. The number of ether oxygens (including phenoxy) is 1. The van der Waals surface area contributed by atoms with Crippen molar-refractivity contribution in [1.82, 2.24) is 10.2 Å². The fraction of sp³-hybridized carbons (Fsp3) is 0.0667. The molecule has 20 heavy (non-hydrogen) atoms. The number of nitrogens with zero attached hydrogens (tertiary/aromatic N) is 2. The molecular weight excluding hydrogens is 295 g/mol. The Morgan fingerprint density at radius 1 is 0.950 bits per heavy atom. The minimum Gasteiger partial charge on any atom is -0.471 e. The average Bonchev–Trinajstić information content (AvgIpc) is 2.47. The number of hydrogen-bond donors (Lipinski definition) is 0. The van der Waals surface area contributed by atoms with Gasteiger partial charge in [0.1, 0.15) is 6.61 Å². The third-order valence-electron chi connectivity index (χ3n) is 2.95. The largest absolute Gasteiger partial charge is 0.471 e. The second-order valence-corrected chi connectivity index (χ2v) is 5.04. The molecule has 0 aliphatic rings. The van der Waals surface area contributed by atoms with E-state index in [0.717, 1.165) is 16.3 Å². The van der Waals surface area contributed by atoms with E-state index in [9.17, 15) is 0 Å². The summed E-state index contributed by atoms with van der Waals surface area (Å²) in [5.41, 5.74) is 0.741. The van der Waals surface area contributed by atoms with Gasteiger partial charge in [0.15, 0.2) is 0 Å². The van der Waals surface area contributed by atoms with Crippen LogP contribution in [-0.4, -0.2) is 10.2 Å². The fourth-order valence-electron chi connectivity index (χ4n) is 1.92. The average molecular weight is 305 g/mol. The van der Waals surface area contributed by atoms with Crippen LogP contribution in [0.25, 0.3) is 10.8 Å². The molecule has 5 heteroatoms. The van der Waals surface area contributed by atoms with Crippen molar-refractivity contribution in [2.45, 2.75) is 6.61 Å². The van der Waals surface area contributed by atoms with Crippen molar-refractivity contribution >= 4 is 34.0 Å². The predicted molar refractivity (Wildman–Crippen MR) is 80.3 cm³/mol. The molecule has 0 radical (unpaired) electrons. The molecule has 3 rings (SSSR count). The number of halogens is 2. The van der Waals surface area contributed by atoms with Crippen LogP contribution in [-0.2, 0) is 6.61 Å². The molecule has 0 saturated carbocycles. The van der Waals surface area contributed by atoms with Crippen molar-refractivity contribution in [1.29, 1.82) is 0 Å². The first-order chi connectivity index (χ1) is 9.75. The second kappa shape index (κ2) is 5.65. The van der Waals surface area contributed by atoms with Crippen LogP contribution in [0.3, 0.4) is 0 Å². The summed E-state index contributed by atoms with van der Waals surface area (Å²) >= 11 is 12.2. The van der Waals surface area contributed by atoms with E-state index in [-0.39, 0.29) is 6.61 Å².